The van der Waals surface area contributed by atoms with Gasteiger partial charge in [0.15, 0.2) is 5.17 Å². The SMILES string of the molecule is COc1ccccc1N=C1NN=C(c2ccc(OC(F)F)cc2)CS1. The molecule has 0 amide bonds. The van der Waals surface area contributed by atoms with Gasteiger partial charge in [-0.3, -0.25) is 5.43 Å². The number of halogens is 2. The summed E-state index contributed by atoms with van der Waals surface area (Å²) in [6.45, 7) is -2.83. The molecule has 2 aromatic rings. The molecule has 1 heterocycles. The zero-order valence-corrected chi connectivity index (χ0v) is 14.1. The first-order valence-electron chi connectivity index (χ1n) is 7.38. The molecule has 8 heteroatoms. The van der Waals surface area contributed by atoms with E-state index in [1.165, 1.54) is 23.9 Å². The zero-order valence-electron chi connectivity index (χ0n) is 13.3. The molecule has 0 spiro atoms. The first-order valence-corrected chi connectivity index (χ1v) is 8.36. The minimum atomic E-state index is -2.83. The van der Waals surface area contributed by atoms with Crippen molar-refractivity contribution in [3.05, 3.63) is 54.1 Å². The number of alkyl halides is 2. The largest absolute Gasteiger partial charge is 0.494 e. The Morgan fingerprint density at radius 3 is 2.56 bits per heavy atom. The molecule has 3 rings (SSSR count). The van der Waals surface area contributed by atoms with Gasteiger partial charge in [0, 0.05) is 5.75 Å². The van der Waals surface area contributed by atoms with Crippen molar-refractivity contribution >= 4 is 28.3 Å². The van der Waals surface area contributed by atoms with Gasteiger partial charge in [-0.1, -0.05) is 23.9 Å². The van der Waals surface area contributed by atoms with Gasteiger partial charge in [-0.15, -0.1) is 0 Å². The number of nitrogens with one attached hydrogen (secondary N) is 1. The number of aliphatic imine (C=N–C) groups is 1. The molecule has 0 fully saturated rings. The molecule has 25 heavy (non-hydrogen) atoms. The third kappa shape index (κ3) is 4.48. The Balaban J connectivity index is 1.71. The highest BCUT2D eigenvalue weighted by atomic mass is 32.2. The maximum absolute atomic E-state index is 12.2. The molecular weight excluding hydrogens is 348 g/mol. The van der Waals surface area contributed by atoms with Gasteiger partial charge in [0.25, 0.3) is 0 Å². The number of hydrogen-bond donors (Lipinski definition) is 1. The summed E-state index contributed by atoms with van der Waals surface area (Å²) in [5.41, 5.74) is 5.25. The Bertz CT molecular complexity index is 795. The number of nitrogens with zero attached hydrogens (tertiary/aromatic N) is 2. The highest BCUT2D eigenvalue weighted by Crippen LogP contribution is 2.28. The molecular formula is C17H15F2N3O2S. The number of hydrazone groups is 1. The van der Waals surface area contributed by atoms with E-state index in [1.54, 1.807) is 19.2 Å². The Kier molecular flexibility index (Phi) is 5.49. The lowest BCUT2D eigenvalue weighted by atomic mass is 10.1. The second-order valence-corrected chi connectivity index (χ2v) is 5.91. The van der Waals surface area contributed by atoms with Crippen LogP contribution in [0.15, 0.2) is 58.6 Å². The maximum Gasteiger partial charge on any atom is 0.387 e. The summed E-state index contributed by atoms with van der Waals surface area (Å²) in [4.78, 5) is 4.50. The van der Waals surface area contributed by atoms with Gasteiger partial charge in [-0.2, -0.15) is 13.9 Å². The van der Waals surface area contributed by atoms with Crippen LogP contribution in [-0.4, -0.2) is 30.4 Å². The van der Waals surface area contributed by atoms with Gasteiger partial charge in [0.1, 0.15) is 17.2 Å². The first-order chi connectivity index (χ1) is 12.2. The van der Waals surface area contributed by atoms with Crippen molar-refractivity contribution in [2.45, 2.75) is 6.61 Å². The average Bonchev–Trinajstić information content (AvgIpc) is 2.63. The fourth-order valence-electron chi connectivity index (χ4n) is 2.18. The molecule has 1 N–H and O–H groups in total. The number of para-hydroxylation sites is 2. The molecule has 1 aliphatic rings. The number of ether oxygens (including phenoxy) is 2. The molecule has 130 valence electrons. The summed E-state index contributed by atoms with van der Waals surface area (Å²) in [5.74, 6) is 1.41. The van der Waals surface area contributed by atoms with Crippen molar-refractivity contribution in [1.82, 2.24) is 5.43 Å². The van der Waals surface area contributed by atoms with Crippen LogP contribution in [0.1, 0.15) is 5.56 Å². The van der Waals surface area contributed by atoms with Crippen molar-refractivity contribution in [2.75, 3.05) is 12.9 Å². The molecule has 0 unspecified atom stereocenters. The smallest absolute Gasteiger partial charge is 0.387 e. The highest BCUT2D eigenvalue weighted by molar-refractivity contribution is 8.14. The molecule has 0 atom stereocenters. The monoisotopic (exact) mass is 363 g/mol. The van der Waals surface area contributed by atoms with Crippen molar-refractivity contribution in [2.24, 2.45) is 10.1 Å². The quantitative estimate of drug-likeness (QED) is 0.872. The minimum absolute atomic E-state index is 0.120. The number of benzene rings is 2. The molecule has 0 aliphatic carbocycles. The summed E-state index contributed by atoms with van der Waals surface area (Å²) in [5, 5.41) is 4.97. The lowest BCUT2D eigenvalue weighted by molar-refractivity contribution is -0.0498. The summed E-state index contributed by atoms with van der Waals surface area (Å²) >= 11 is 1.50. The van der Waals surface area contributed by atoms with Crippen LogP contribution < -0.4 is 14.9 Å². The molecule has 2 aromatic carbocycles. The van der Waals surface area contributed by atoms with Gasteiger partial charge < -0.3 is 9.47 Å². The Hall–Kier alpha value is -2.61. The molecule has 0 saturated carbocycles. The molecule has 0 saturated heterocycles. The van der Waals surface area contributed by atoms with Crippen molar-refractivity contribution in [3.63, 3.8) is 0 Å². The second kappa shape index (κ2) is 7.98. The third-order valence-corrected chi connectivity index (χ3v) is 4.23. The number of hydrogen-bond acceptors (Lipinski definition) is 5. The maximum atomic E-state index is 12.2. The summed E-state index contributed by atoms with van der Waals surface area (Å²) in [7, 11) is 1.60. The van der Waals surface area contributed by atoms with Gasteiger partial charge in [0.2, 0.25) is 0 Å². The zero-order chi connectivity index (χ0) is 17.6. The van der Waals surface area contributed by atoms with Gasteiger partial charge in [-0.05, 0) is 42.0 Å². The highest BCUT2D eigenvalue weighted by Gasteiger charge is 2.14. The van der Waals surface area contributed by atoms with Crippen LogP contribution in [0.4, 0.5) is 14.5 Å². The second-order valence-electron chi connectivity index (χ2n) is 4.95. The van der Waals surface area contributed by atoms with Crippen LogP contribution in [0.2, 0.25) is 0 Å². The predicted octanol–water partition coefficient (Wildman–Crippen LogP) is 4.02. The van der Waals surface area contributed by atoms with Crippen LogP contribution in [0.3, 0.4) is 0 Å². The molecule has 0 aromatic heterocycles. The number of rotatable bonds is 5. The minimum Gasteiger partial charge on any atom is -0.494 e. The summed E-state index contributed by atoms with van der Waals surface area (Å²) in [6.07, 6.45) is 0. The number of amidine groups is 1. The Morgan fingerprint density at radius 1 is 1.16 bits per heavy atom. The third-order valence-electron chi connectivity index (χ3n) is 3.35. The van der Waals surface area contributed by atoms with E-state index in [2.05, 4.69) is 20.3 Å². The molecule has 0 bridgehead atoms. The van der Waals surface area contributed by atoms with E-state index in [9.17, 15) is 8.78 Å². The van der Waals surface area contributed by atoms with Gasteiger partial charge in [-0.25, -0.2) is 4.99 Å². The van der Waals surface area contributed by atoms with E-state index < -0.39 is 6.61 Å². The Morgan fingerprint density at radius 2 is 1.92 bits per heavy atom. The van der Waals surface area contributed by atoms with E-state index in [0.29, 0.717) is 22.4 Å². The summed E-state index contributed by atoms with van der Waals surface area (Å²) < 4.78 is 33.9. The molecule has 0 radical (unpaired) electrons. The van der Waals surface area contributed by atoms with E-state index in [-0.39, 0.29) is 5.75 Å². The van der Waals surface area contributed by atoms with Crippen molar-refractivity contribution in [1.29, 1.82) is 0 Å². The predicted molar refractivity (Wildman–Crippen MR) is 95.3 cm³/mol. The fourth-order valence-corrected chi connectivity index (χ4v) is 2.96. The van der Waals surface area contributed by atoms with E-state index in [0.717, 1.165) is 11.3 Å². The van der Waals surface area contributed by atoms with Crippen LogP contribution in [0.5, 0.6) is 11.5 Å². The number of thioether (sulfide) groups is 1. The summed E-state index contributed by atoms with van der Waals surface area (Å²) in [6, 6.07) is 13.8. The lowest BCUT2D eigenvalue weighted by Gasteiger charge is -2.15. The van der Waals surface area contributed by atoms with E-state index >= 15 is 0 Å². The van der Waals surface area contributed by atoms with Crippen LogP contribution in [0, 0.1) is 0 Å². The topological polar surface area (TPSA) is 55.2 Å². The van der Waals surface area contributed by atoms with Crippen molar-refractivity contribution in [3.8, 4) is 11.5 Å². The number of methoxy groups -OCH3 is 1. The van der Waals surface area contributed by atoms with Crippen LogP contribution >= 0.6 is 11.8 Å². The van der Waals surface area contributed by atoms with Crippen LogP contribution in [0.25, 0.3) is 0 Å². The van der Waals surface area contributed by atoms with E-state index in [4.69, 9.17) is 4.74 Å². The molecule has 5 nitrogen and oxygen atoms in total. The van der Waals surface area contributed by atoms with E-state index in [1.807, 2.05) is 24.3 Å². The van der Waals surface area contributed by atoms with Crippen LogP contribution in [-0.2, 0) is 0 Å². The van der Waals surface area contributed by atoms with Crippen molar-refractivity contribution < 1.29 is 18.3 Å². The average molecular weight is 363 g/mol. The lowest BCUT2D eigenvalue weighted by Crippen LogP contribution is -2.25. The standard InChI is InChI=1S/C17H15F2N3O2S/c1-23-15-5-3-2-4-13(15)20-17-22-21-14(10-25-17)11-6-8-12(9-7-11)24-16(18)19/h2-9,16H,10H2,1H3,(H,20,22). The Labute approximate surface area is 147 Å². The first kappa shape index (κ1) is 17.2. The molecule has 1 aliphatic heterocycles. The van der Waals surface area contributed by atoms with Gasteiger partial charge in [0.05, 0.1) is 12.8 Å². The van der Waals surface area contributed by atoms with Gasteiger partial charge >= 0.3 is 6.61 Å². The normalized spacial score (nSPS) is 15.7. The fraction of sp³-hybridized carbons (Fsp3) is 0.176.